The summed E-state index contributed by atoms with van der Waals surface area (Å²) in [7, 11) is -1.63. The van der Waals surface area contributed by atoms with Gasteiger partial charge >= 0.3 is 0 Å². The SMILES string of the molecule is CCCCCC/C=C(/O[Si](CC)(CC)CC)Sc1ccccn1. The zero-order valence-corrected chi connectivity index (χ0v) is 17.1. The van der Waals surface area contributed by atoms with E-state index in [0.717, 1.165) is 16.5 Å². The third-order valence-electron chi connectivity index (χ3n) is 4.46. The maximum atomic E-state index is 6.62. The second kappa shape index (κ2) is 11.7. The minimum Gasteiger partial charge on any atom is -0.539 e. The van der Waals surface area contributed by atoms with Gasteiger partial charge in [0, 0.05) is 6.20 Å². The maximum Gasteiger partial charge on any atom is 0.251 e. The molecule has 0 fully saturated rings. The predicted molar refractivity (Wildman–Crippen MR) is 105 cm³/mol. The van der Waals surface area contributed by atoms with Crippen molar-refractivity contribution in [1.29, 1.82) is 0 Å². The Morgan fingerprint density at radius 1 is 1.09 bits per heavy atom. The number of pyridine rings is 1. The average Bonchev–Trinajstić information content (AvgIpc) is 2.60. The fraction of sp³-hybridized carbons (Fsp3) is 0.632. The lowest BCUT2D eigenvalue weighted by atomic mass is 10.1. The van der Waals surface area contributed by atoms with Crippen molar-refractivity contribution in [3.63, 3.8) is 0 Å². The van der Waals surface area contributed by atoms with Crippen LogP contribution in [0.15, 0.2) is 40.6 Å². The monoisotopic (exact) mass is 351 g/mol. The van der Waals surface area contributed by atoms with Crippen LogP contribution in [-0.2, 0) is 4.43 Å². The Hall–Kier alpha value is -0.743. The van der Waals surface area contributed by atoms with Gasteiger partial charge in [-0.1, -0.05) is 53.0 Å². The number of hydrogen-bond donors (Lipinski definition) is 0. The first-order valence-corrected chi connectivity index (χ1v) is 12.5. The summed E-state index contributed by atoms with van der Waals surface area (Å²) in [5.41, 5.74) is 0. The molecule has 0 aliphatic rings. The molecule has 0 aliphatic carbocycles. The van der Waals surface area contributed by atoms with E-state index in [4.69, 9.17) is 4.43 Å². The molecule has 4 heteroatoms. The molecule has 1 aromatic heterocycles. The highest BCUT2D eigenvalue weighted by molar-refractivity contribution is 8.02. The Morgan fingerprint density at radius 2 is 1.83 bits per heavy atom. The lowest BCUT2D eigenvalue weighted by Gasteiger charge is -2.30. The van der Waals surface area contributed by atoms with Crippen LogP contribution in [-0.4, -0.2) is 13.3 Å². The highest BCUT2D eigenvalue weighted by Gasteiger charge is 2.31. The number of rotatable bonds is 12. The van der Waals surface area contributed by atoms with E-state index < -0.39 is 8.32 Å². The van der Waals surface area contributed by atoms with Crippen LogP contribution >= 0.6 is 11.8 Å². The lowest BCUT2D eigenvalue weighted by molar-refractivity contribution is 0.440. The van der Waals surface area contributed by atoms with Gasteiger partial charge in [-0.3, -0.25) is 0 Å². The highest BCUT2D eigenvalue weighted by atomic mass is 32.2. The van der Waals surface area contributed by atoms with Crippen molar-refractivity contribution >= 4 is 20.1 Å². The van der Waals surface area contributed by atoms with Gasteiger partial charge in [-0.05, 0) is 60.9 Å². The molecule has 1 rings (SSSR count). The molecule has 1 aromatic rings. The van der Waals surface area contributed by atoms with Gasteiger partial charge in [0.1, 0.15) is 10.1 Å². The molecule has 0 bridgehead atoms. The summed E-state index contributed by atoms with van der Waals surface area (Å²) in [6.45, 7) is 9.10. The molecule has 0 atom stereocenters. The predicted octanol–water partition coefficient (Wildman–Crippen LogP) is 7.01. The smallest absolute Gasteiger partial charge is 0.251 e. The number of hydrogen-bond acceptors (Lipinski definition) is 3. The molecule has 0 aliphatic heterocycles. The molecule has 2 nitrogen and oxygen atoms in total. The first kappa shape index (κ1) is 20.3. The molecule has 1 heterocycles. The minimum atomic E-state index is -1.63. The Labute approximate surface area is 148 Å². The van der Waals surface area contributed by atoms with Gasteiger partial charge < -0.3 is 4.43 Å². The number of thioether (sulfide) groups is 1. The third kappa shape index (κ3) is 7.58. The van der Waals surface area contributed by atoms with Gasteiger partial charge in [-0.15, -0.1) is 0 Å². The van der Waals surface area contributed by atoms with Crippen LogP contribution in [0.5, 0.6) is 0 Å². The number of unbranched alkanes of at least 4 members (excludes halogenated alkanes) is 4. The van der Waals surface area contributed by atoms with E-state index in [1.54, 1.807) is 11.8 Å². The first-order valence-electron chi connectivity index (χ1n) is 9.17. The van der Waals surface area contributed by atoms with E-state index in [1.807, 2.05) is 18.3 Å². The average molecular weight is 352 g/mol. The van der Waals surface area contributed by atoms with Crippen molar-refractivity contribution in [2.75, 3.05) is 0 Å². The van der Waals surface area contributed by atoms with E-state index in [2.05, 4.69) is 44.8 Å². The van der Waals surface area contributed by atoms with Gasteiger partial charge in [-0.2, -0.15) is 0 Å². The van der Waals surface area contributed by atoms with Crippen LogP contribution in [0.2, 0.25) is 18.1 Å². The molecule has 0 saturated carbocycles. The summed E-state index contributed by atoms with van der Waals surface area (Å²) in [5.74, 6) is 0. The standard InChI is InChI=1S/C19H33NOSSi/c1-5-9-10-11-12-16-19(21-23(6-2,7-3)8-4)22-18-15-13-14-17-20-18/h13-17H,5-12H2,1-4H3/b19-16-. The quantitative estimate of drug-likeness (QED) is 0.175. The highest BCUT2D eigenvalue weighted by Crippen LogP contribution is 2.33. The zero-order valence-electron chi connectivity index (χ0n) is 15.3. The molecule has 0 aromatic carbocycles. The van der Waals surface area contributed by atoms with Gasteiger partial charge in [0.05, 0.1) is 0 Å². The van der Waals surface area contributed by atoms with E-state index in [1.165, 1.54) is 43.8 Å². The number of allylic oxidation sites excluding steroid dienone is 1. The molecular formula is C19H33NOSSi. The van der Waals surface area contributed by atoms with Crippen molar-refractivity contribution in [1.82, 2.24) is 4.98 Å². The summed E-state index contributed by atoms with van der Waals surface area (Å²) >= 11 is 1.69. The summed E-state index contributed by atoms with van der Waals surface area (Å²) in [5, 5.41) is 2.11. The largest absolute Gasteiger partial charge is 0.539 e. The fourth-order valence-corrected chi connectivity index (χ4v) is 6.39. The van der Waals surface area contributed by atoms with Crippen molar-refractivity contribution in [2.45, 2.75) is 83.0 Å². The molecule has 23 heavy (non-hydrogen) atoms. The van der Waals surface area contributed by atoms with Crippen LogP contribution in [0.25, 0.3) is 0 Å². The third-order valence-corrected chi connectivity index (χ3v) is 10.0. The molecule has 0 N–H and O–H groups in total. The van der Waals surface area contributed by atoms with E-state index in [-0.39, 0.29) is 0 Å². The topological polar surface area (TPSA) is 22.1 Å². The molecule has 0 amide bonds. The fourth-order valence-electron chi connectivity index (χ4n) is 2.59. The van der Waals surface area contributed by atoms with E-state index in [0.29, 0.717) is 0 Å². The van der Waals surface area contributed by atoms with Crippen LogP contribution in [0, 0.1) is 0 Å². The van der Waals surface area contributed by atoms with Crippen molar-refractivity contribution < 1.29 is 4.43 Å². The Morgan fingerprint density at radius 3 is 2.39 bits per heavy atom. The summed E-state index contributed by atoms with van der Waals surface area (Å²) < 4.78 is 6.62. The van der Waals surface area contributed by atoms with Crippen LogP contribution in [0.1, 0.15) is 59.8 Å². The molecular weight excluding hydrogens is 318 g/mol. The Bertz CT molecular complexity index is 438. The maximum absolute atomic E-state index is 6.62. The first-order chi connectivity index (χ1) is 11.2. The van der Waals surface area contributed by atoms with Crippen molar-refractivity contribution in [3.8, 4) is 0 Å². The second-order valence-corrected chi connectivity index (χ2v) is 11.7. The zero-order chi connectivity index (χ0) is 17.0. The van der Waals surface area contributed by atoms with Gasteiger partial charge in [-0.25, -0.2) is 4.98 Å². The summed E-state index contributed by atoms with van der Waals surface area (Å²) in [4.78, 5) is 4.44. The molecule has 0 saturated heterocycles. The molecule has 130 valence electrons. The molecule has 0 unspecified atom stereocenters. The van der Waals surface area contributed by atoms with Crippen molar-refractivity contribution in [3.05, 3.63) is 35.6 Å². The lowest BCUT2D eigenvalue weighted by Crippen LogP contribution is -2.34. The molecule has 0 radical (unpaired) electrons. The summed E-state index contributed by atoms with van der Waals surface area (Å²) in [6, 6.07) is 9.59. The van der Waals surface area contributed by atoms with Crippen LogP contribution < -0.4 is 0 Å². The van der Waals surface area contributed by atoms with Gasteiger partial charge in [0.25, 0.3) is 8.32 Å². The van der Waals surface area contributed by atoms with Crippen LogP contribution in [0.4, 0.5) is 0 Å². The number of nitrogens with zero attached hydrogens (tertiary/aromatic N) is 1. The number of aromatic nitrogens is 1. The Kier molecular flexibility index (Phi) is 10.4. The van der Waals surface area contributed by atoms with E-state index >= 15 is 0 Å². The second-order valence-electron chi connectivity index (χ2n) is 5.99. The van der Waals surface area contributed by atoms with Crippen LogP contribution in [0.3, 0.4) is 0 Å². The normalized spacial score (nSPS) is 12.4. The van der Waals surface area contributed by atoms with Crippen molar-refractivity contribution in [2.24, 2.45) is 0 Å². The Balaban J connectivity index is 2.76. The molecule has 0 spiro atoms. The van der Waals surface area contributed by atoms with Gasteiger partial charge in [0.2, 0.25) is 0 Å². The summed E-state index contributed by atoms with van der Waals surface area (Å²) in [6.07, 6.45) is 10.4. The van der Waals surface area contributed by atoms with Gasteiger partial charge in [0.15, 0.2) is 0 Å². The van der Waals surface area contributed by atoms with E-state index in [9.17, 15) is 0 Å². The minimum absolute atomic E-state index is 1.03.